The van der Waals surface area contributed by atoms with Crippen molar-refractivity contribution < 1.29 is 4.74 Å². The molecule has 0 aromatic heterocycles. The van der Waals surface area contributed by atoms with Crippen LogP contribution in [0.15, 0.2) is 18.2 Å². The Balaban J connectivity index is 2.35. The van der Waals surface area contributed by atoms with Crippen LogP contribution >= 0.6 is 0 Å². The largest absolute Gasteiger partial charge is 0.491 e. The van der Waals surface area contributed by atoms with E-state index >= 15 is 0 Å². The average Bonchev–Trinajstić information content (AvgIpc) is 2.26. The van der Waals surface area contributed by atoms with E-state index in [-0.39, 0.29) is 11.5 Å². The Morgan fingerprint density at radius 3 is 2.61 bits per heavy atom. The molecule has 0 bridgehead atoms. The maximum Gasteiger partial charge on any atom is 0.120 e. The lowest BCUT2D eigenvalue weighted by molar-refractivity contribution is 0.238. The van der Waals surface area contributed by atoms with Gasteiger partial charge >= 0.3 is 0 Å². The summed E-state index contributed by atoms with van der Waals surface area (Å²) in [5.41, 5.74) is 3.10. The van der Waals surface area contributed by atoms with E-state index in [0.29, 0.717) is 6.04 Å². The molecular formula is C16H25NO. The van der Waals surface area contributed by atoms with Gasteiger partial charge in [-0.05, 0) is 55.5 Å². The van der Waals surface area contributed by atoms with Crippen molar-refractivity contribution in [2.24, 2.45) is 5.41 Å². The van der Waals surface area contributed by atoms with E-state index in [1.807, 2.05) is 0 Å². The second-order valence-corrected chi connectivity index (χ2v) is 6.53. The van der Waals surface area contributed by atoms with Gasteiger partial charge in [0.2, 0.25) is 0 Å². The van der Waals surface area contributed by atoms with Gasteiger partial charge in [-0.2, -0.15) is 0 Å². The standard InChI is InChI=1S/C16H25NO/c1-11(2)18-13-7-6-12-8-9-17-15(14(12)10-13)16(3,4)5/h6-7,10-11,15,17H,8-9H2,1-5H3. The summed E-state index contributed by atoms with van der Waals surface area (Å²) in [5, 5.41) is 3.64. The van der Waals surface area contributed by atoms with Crippen LogP contribution in [0.2, 0.25) is 0 Å². The van der Waals surface area contributed by atoms with Gasteiger partial charge in [-0.15, -0.1) is 0 Å². The van der Waals surface area contributed by atoms with E-state index in [4.69, 9.17) is 4.74 Å². The molecule has 1 heterocycles. The third-order valence-electron chi connectivity index (χ3n) is 3.41. The minimum Gasteiger partial charge on any atom is -0.491 e. The molecule has 1 atom stereocenters. The molecule has 1 aliphatic heterocycles. The van der Waals surface area contributed by atoms with Crippen LogP contribution < -0.4 is 10.1 Å². The molecule has 0 spiro atoms. The fourth-order valence-electron chi connectivity index (χ4n) is 2.65. The molecule has 2 rings (SSSR count). The highest BCUT2D eigenvalue weighted by Crippen LogP contribution is 2.38. The van der Waals surface area contributed by atoms with Crippen LogP contribution in [-0.2, 0) is 6.42 Å². The van der Waals surface area contributed by atoms with E-state index in [1.165, 1.54) is 11.1 Å². The zero-order chi connectivity index (χ0) is 13.3. The van der Waals surface area contributed by atoms with Crippen LogP contribution in [0.4, 0.5) is 0 Å². The molecule has 0 amide bonds. The third kappa shape index (κ3) is 2.86. The van der Waals surface area contributed by atoms with Crippen molar-refractivity contribution in [2.45, 2.75) is 53.2 Å². The Bertz CT molecular complexity index is 418. The van der Waals surface area contributed by atoms with Crippen molar-refractivity contribution >= 4 is 0 Å². The third-order valence-corrected chi connectivity index (χ3v) is 3.41. The Morgan fingerprint density at radius 2 is 2.00 bits per heavy atom. The highest BCUT2D eigenvalue weighted by Gasteiger charge is 2.30. The Hall–Kier alpha value is -1.02. The SMILES string of the molecule is CC(C)Oc1ccc2c(c1)C(C(C)(C)C)NCC2. The second-order valence-electron chi connectivity index (χ2n) is 6.53. The Kier molecular flexibility index (Phi) is 3.67. The predicted molar refractivity (Wildman–Crippen MR) is 76.1 cm³/mol. The zero-order valence-corrected chi connectivity index (χ0v) is 12.2. The van der Waals surface area contributed by atoms with Crippen molar-refractivity contribution in [3.8, 4) is 5.75 Å². The van der Waals surface area contributed by atoms with Gasteiger partial charge in [-0.1, -0.05) is 26.8 Å². The highest BCUT2D eigenvalue weighted by molar-refractivity contribution is 5.40. The van der Waals surface area contributed by atoms with Gasteiger partial charge in [0.25, 0.3) is 0 Å². The summed E-state index contributed by atoms with van der Waals surface area (Å²) >= 11 is 0. The lowest BCUT2D eigenvalue weighted by atomic mass is 9.78. The molecule has 100 valence electrons. The monoisotopic (exact) mass is 247 g/mol. The molecule has 0 radical (unpaired) electrons. The van der Waals surface area contributed by atoms with Crippen LogP contribution in [0.1, 0.15) is 51.8 Å². The Morgan fingerprint density at radius 1 is 1.28 bits per heavy atom. The number of rotatable bonds is 2. The molecule has 0 saturated heterocycles. The van der Waals surface area contributed by atoms with Crippen molar-refractivity contribution in [3.63, 3.8) is 0 Å². The maximum atomic E-state index is 5.81. The van der Waals surface area contributed by atoms with Crippen LogP contribution in [0.5, 0.6) is 5.75 Å². The van der Waals surface area contributed by atoms with Crippen LogP contribution in [0, 0.1) is 5.41 Å². The van der Waals surface area contributed by atoms with Gasteiger partial charge in [0, 0.05) is 6.04 Å². The van der Waals surface area contributed by atoms with Gasteiger partial charge < -0.3 is 10.1 Å². The summed E-state index contributed by atoms with van der Waals surface area (Å²) in [5.74, 6) is 0.988. The summed E-state index contributed by atoms with van der Waals surface area (Å²) in [6, 6.07) is 6.96. The van der Waals surface area contributed by atoms with Crippen LogP contribution in [-0.4, -0.2) is 12.6 Å². The summed E-state index contributed by atoms with van der Waals surface area (Å²) in [4.78, 5) is 0. The first-order chi connectivity index (χ1) is 8.38. The molecule has 2 nitrogen and oxygen atoms in total. The minimum atomic E-state index is 0.228. The topological polar surface area (TPSA) is 21.3 Å². The number of nitrogens with one attached hydrogen (secondary N) is 1. The first kappa shape index (κ1) is 13.4. The normalized spacial score (nSPS) is 19.8. The summed E-state index contributed by atoms with van der Waals surface area (Å²) in [7, 11) is 0. The summed E-state index contributed by atoms with van der Waals surface area (Å²) in [6.07, 6.45) is 1.34. The van der Waals surface area contributed by atoms with Crippen LogP contribution in [0.25, 0.3) is 0 Å². The zero-order valence-electron chi connectivity index (χ0n) is 12.2. The van der Waals surface area contributed by atoms with Gasteiger partial charge in [0.05, 0.1) is 6.10 Å². The van der Waals surface area contributed by atoms with Gasteiger partial charge in [0.15, 0.2) is 0 Å². The fraction of sp³-hybridized carbons (Fsp3) is 0.625. The molecule has 0 aliphatic carbocycles. The molecular weight excluding hydrogens is 222 g/mol. The molecule has 18 heavy (non-hydrogen) atoms. The predicted octanol–water partition coefficient (Wildman–Crippen LogP) is 3.71. The van der Waals surface area contributed by atoms with E-state index in [0.717, 1.165) is 18.7 Å². The Labute approximate surface area is 111 Å². The summed E-state index contributed by atoms with van der Waals surface area (Å²) < 4.78 is 5.81. The number of ether oxygens (including phenoxy) is 1. The summed E-state index contributed by atoms with van der Waals surface area (Å²) in [6.45, 7) is 12.1. The van der Waals surface area contributed by atoms with Crippen molar-refractivity contribution in [1.82, 2.24) is 5.32 Å². The molecule has 0 saturated carbocycles. The molecule has 1 N–H and O–H groups in total. The fourth-order valence-corrected chi connectivity index (χ4v) is 2.65. The minimum absolute atomic E-state index is 0.228. The van der Waals surface area contributed by atoms with Crippen molar-refractivity contribution in [2.75, 3.05) is 6.54 Å². The highest BCUT2D eigenvalue weighted by atomic mass is 16.5. The van der Waals surface area contributed by atoms with Gasteiger partial charge in [-0.25, -0.2) is 0 Å². The molecule has 1 aromatic rings. The number of fused-ring (bicyclic) bond motifs is 1. The number of hydrogen-bond acceptors (Lipinski definition) is 2. The molecule has 1 unspecified atom stereocenters. The first-order valence-corrected chi connectivity index (χ1v) is 6.91. The molecule has 1 aliphatic rings. The van der Waals surface area contributed by atoms with Gasteiger partial charge in [0.1, 0.15) is 5.75 Å². The van der Waals surface area contributed by atoms with E-state index < -0.39 is 0 Å². The average molecular weight is 247 g/mol. The van der Waals surface area contributed by atoms with Gasteiger partial charge in [-0.3, -0.25) is 0 Å². The van der Waals surface area contributed by atoms with Crippen molar-refractivity contribution in [1.29, 1.82) is 0 Å². The number of hydrogen-bond donors (Lipinski definition) is 1. The van der Waals surface area contributed by atoms with Crippen molar-refractivity contribution in [3.05, 3.63) is 29.3 Å². The molecule has 0 fully saturated rings. The maximum absolute atomic E-state index is 5.81. The smallest absolute Gasteiger partial charge is 0.120 e. The first-order valence-electron chi connectivity index (χ1n) is 6.91. The second kappa shape index (κ2) is 4.93. The van der Waals surface area contributed by atoms with E-state index in [1.54, 1.807) is 0 Å². The molecule has 1 aromatic carbocycles. The van der Waals surface area contributed by atoms with Crippen LogP contribution in [0.3, 0.4) is 0 Å². The molecule has 2 heteroatoms. The number of benzene rings is 1. The lowest BCUT2D eigenvalue weighted by Gasteiger charge is -2.37. The van der Waals surface area contributed by atoms with E-state index in [2.05, 4.69) is 58.1 Å². The lowest BCUT2D eigenvalue weighted by Crippen LogP contribution is -2.37. The quantitative estimate of drug-likeness (QED) is 0.860. The van der Waals surface area contributed by atoms with E-state index in [9.17, 15) is 0 Å².